The second-order valence-electron chi connectivity index (χ2n) is 6.63. The van der Waals surface area contributed by atoms with Gasteiger partial charge in [0, 0.05) is 27.2 Å². The molecule has 0 radical (unpaired) electrons. The van der Waals surface area contributed by atoms with Crippen LogP contribution >= 0.6 is 34.8 Å². The van der Waals surface area contributed by atoms with E-state index in [9.17, 15) is 13.2 Å². The van der Waals surface area contributed by atoms with Crippen LogP contribution in [-0.2, 0) is 21.4 Å². The number of hydrogen-bond donors (Lipinski definition) is 1. The summed E-state index contributed by atoms with van der Waals surface area (Å²) in [7, 11) is -4.08. The Kier molecular flexibility index (Phi) is 8.28. The van der Waals surface area contributed by atoms with E-state index in [4.69, 9.17) is 34.8 Å². The van der Waals surface area contributed by atoms with Crippen molar-refractivity contribution in [1.82, 2.24) is 9.73 Å². The number of hydrazone groups is 1. The average molecular weight is 511 g/mol. The normalized spacial score (nSPS) is 11.8. The molecule has 0 atom stereocenters. The molecule has 0 aliphatic heterocycles. The summed E-state index contributed by atoms with van der Waals surface area (Å²) in [5.74, 6) is -0.627. The maximum absolute atomic E-state index is 13.3. The molecule has 10 heteroatoms. The van der Waals surface area contributed by atoms with Gasteiger partial charge in [0.25, 0.3) is 5.91 Å². The van der Waals surface area contributed by atoms with Crippen molar-refractivity contribution in [2.45, 2.75) is 11.4 Å². The molecule has 6 nitrogen and oxygen atoms in total. The number of carbonyl (C=O) groups excluding carboxylic acids is 1. The lowest BCUT2D eigenvalue weighted by atomic mass is 10.2. The van der Waals surface area contributed by atoms with Gasteiger partial charge in [0.05, 0.1) is 17.7 Å². The predicted molar refractivity (Wildman–Crippen MR) is 128 cm³/mol. The zero-order valence-electron chi connectivity index (χ0n) is 16.6. The molecule has 0 heterocycles. The lowest BCUT2D eigenvalue weighted by Crippen LogP contribution is -2.39. The van der Waals surface area contributed by atoms with Crippen LogP contribution in [0, 0.1) is 0 Å². The SMILES string of the molecule is O=C(CN(Cc1c(Cl)cccc1Cl)S(=O)(=O)c1ccc(Cl)cc1)N/N=C\c1ccccc1. The van der Waals surface area contributed by atoms with Crippen LogP contribution in [0.4, 0.5) is 0 Å². The summed E-state index contributed by atoms with van der Waals surface area (Å²) >= 11 is 18.3. The van der Waals surface area contributed by atoms with E-state index >= 15 is 0 Å². The molecule has 0 saturated heterocycles. The van der Waals surface area contributed by atoms with Crippen molar-refractivity contribution in [3.8, 4) is 0 Å². The van der Waals surface area contributed by atoms with Crippen molar-refractivity contribution in [2.24, 2.45) is 5.10 Å². The smallest absolute Gasteiger partial charge is 0.255 e. The number of carbonyl (C=O) groups is 1. The molecule has 0 aliphatic rings. The van der Waals surface area contributed by atoms with Crippen molar-refractivity contribution >= 4 is 56.9 Å². The molecule has 1 amide bonds. The van der Waals surface area contributed by atoms with Gasteiger partial charge in [-0.3, -0.25) is 4.79 Å². The lowest BCUT2D eigenvalue weighted by molar-refractivity contribution is -0.121. The minimum absolute atomic E-state index is 0.0225. The Hall–Kier alpha value is -2.42. The van der Waals surface area contributed by atoms with Gasteiger partial charge in [-0.25, -0.2) is 13.8 Å². The van der Waals surface area contributed by atoms with Crippen LogP contribution in [0.2, 0.25) is 15.1 Å². The van der Waals surface area contributed by atoms with Crippen molar-refractivity contribution in [3.05, 3.63) is 99.0 Å². The van der Waals surface area contributed by atoms with Crippen LogP contribution in [-0.4, -0.2) is 31.4 Å². The molecule has 0 fully saturated rings. The number of halogens is 3. The fraction of sp³-hybridized carbons (Fsp3) is 0.0909. The fourth-order valence-electron chi connectivity index (χ4n) is 2.75. The molecule has 0 saturated carbocycles. The van der Waals surface area contributed by atoms with Crippen LogP contribution in [0.25, 0.3) is 0 Å². The third-order valence-electron chi connectivity index (χ3n) is 4.37. The molecule has 3 rings (SSSR count). The van der Waals surface area contributed by atoms with Gasteiger partial charge in [-0.15, -0.1) is 0 Å². The van der Waals surface area contributed by atoms with Crippen LogP contribution in [0.3, 0.4) is 0 Å². The molecule has 0 spiro atoms. The zero-order chi connectivity index (χ0) is 23.1. The Morgan fingerprint density at radius 2 is 1.53 bits per heavy atom. The number of hydrogen-bond acceptors (Lipinski definition) is 4. The quantitative estimate of drug-likeness (QED) is 0.343. The topological polar surface area (TPSA) is 78.8 Å². The fourth-order valence-corrected chi connectivity index (χ4v) is 4.76. The van der Waals surface area contributed by atoms with E-state index in [1.807, 2.05) is 30.3 Å². The maximum Gasteiger partial charge on any atom is 0.255 e. The number of amides is 1. The maximum atomic E-state index is 13.3. The van der Waals surface area contributed by atoms with E-state index in [1.54, 1.807) is 18.2 Å². The third-order valence-corrected chi connectivity index (χ3v) is 7.14. The molecule has 3 aromatic rings. The highest BCUT2D eigenvalue weighted by Crippen LogP contribution is 2.28. The molecular formula is C22H18Cl3N3O3S. The Morgan fingerprint density at radius 1 is 0.906 bits per heavy atom. The highest BCUT2D eigenvalue weighted by atomic mass is 35.5. The summed E-state index contributed by atoms with van der Waals surface area (Å²) in [6.45, 7) is -0.710. The Balaban J connectivity index is 1.85. The van der Waals surface area contributed by atoms with Crippen molar-refractivity contribution < 1.29 is 13.2 Å². The first-order chi connectivity index (χ1) is 15.3. The summed E-state index contributed by atoms with van der Waals surface area (Å²) in [5.41, 5.74) is 3.51. The Bertz CT molecular complexity index is 1200. The first kappa shape index (κ1) is 24.2. The second-order valence-corrected chi connectivity index (χ2v) is 9.82. The average Bonchev–Trinajstić information content (AvgIpc) is 2.76. The van der Waals surface area contributed by atoms with Crippen molar-refractivity contribution in [3.63, 3.8) is 0 Å². The summed E-state index contributed by atoms with van der Waals surface area (Å²) in [6, 6.07) is 19.6. The van der Waals surface area contributed by atoms with Gasteiger partial charge < -0.3 is 0 Å². The van der Waals surface area contributed by atoms with Crippen LogP contribution < -0.4 is 5.43 Å². The van der Waals surface area contributed by atoms with Gasteiger partial charge in [0.15, 0.2) is 0 Å². The van der Waals surface area contributed by atoms with E-state index in [0.717, 1.165) is 9.87 Å². The first-order valence-electron chi connectivity index (χ1n) is 9.33. The minimum atomic E-state index is -4.08. The van der Waals surface area contributed by atoms with E-state index < -0.39 is 22.5 Å². The number of rotatable bonds is 8. The van der Waals surface area contributed by atoms with Gasteiger partial charge in [0.1, 0.15) is 0 Å². The Morgan fingerprint density at radius 3 is 2.16 bits per heavy atom. The first-order valence-corrected chi connectivity index (χ1v) is 11.9. The highest BCUT2D eigenvalue weighted by Gasteiger charge is 2.28. The van der Waals surface area contributed by atoms with Crippen LogP contribution in [0.15, 0.2) is 82.8 Å². The third kappa shape index (κ3) is 6.31. The van der Waals surface area contributed by atoms with E-state index in [2.05, 4.69) is 10.5 Å². The molecule has 3 aromatic carbocycles. The minimum Gasteiger partial charge on any atom is -0.272 e. The summed E-state index contributed by atoms with van der Waals surface area (Å²) in [4.78, 5) is 12.5. The van der Waals surface area contributed by atoms with Gasteiger partial charge in [-0.1, -0.05) is 71.2 Å². The van der Waals surface area contributed by atoms with Gasteiger partial charge >= 0.3 is 0 Å². The number of nitrogens with one attached hydrogen (secondary N) is 1. The zero-order valence-corrected chi connectivity index (χ0v) is 19.7. The summed E-state index contributed by atoms with van der Waals surface area (Å²) < 4.78 is 27.5. The van der Waals surface area contributed by atoms with Crippen LogP contribution in [0.1, 0.15) is 11.1 Å². The molecule has 0 aliphatic carbocycles. The highest BCUT2D eigenvalue weighted by molar-refractivity contribution is 7.89. The molecule has 0 unspecified atom stereocenters. The largest absolute Gasteiger partial charge is 0.272 e. The van der Waals surface area contributed by atoms with E-state index in [1.165, 1.54) is 30.5 Å². The molecule has 1 N–H and O–H groups in total. The van der Waals surface area contributed by atoms with Gasteiger partial charge in [-0.2, -0.15) is 9.41 Å². The number of nitrogens with zero attached hydrogens (tertiary/aromatic N) is 2. The molecule has 32 heavy (non-hydrogen) atoms. The van der Waals surface area contributed by atoms with E-state index in [-0.39, 0.29) is 21.5 Å². The molecule has 0 aromatic heterocycles. The monoisotopic (exact) mass is 509 g/mol. The molecule has 166 valence electrons. The van der Waals surface area contributed by atoms with Gasteiger partial charge in [0.2, 0.25) is 10.0 Å². The van der Waals surface area contributed by atoms with E-state index in [0.29, 0.717) is 10.6 Å². The molecular weight excluding hydrogens is 493 g/mol. The van der Waals surface area contributed by atoms with Crippen molar-refractivity contribution in [1.29, 1.82) is 0 Å². The van der Waals surface area contributed by atoms with Gasteiger partial charge in [-0.05, 0) is 42.0 Å². The summed E-state index contributed by atoms with van der Waals surface area (Å²) in [5, 5.41) is 4.85. The number of benzene rings is 3. The van der Waals surface area contributed by atoms with Crippen LogP contribution in [0.5, 0.6) is 0 Å². The second kappa shape index (κ2) is 10.9. The number of sulfonamides is 1. The standard InChI is InChI=1S/C22H18Cl3N3O3S/c23-17-9-11-18(12-10-17)32(30,31)28(14-19-20(24)7-4-8-21(19)25)15-22(29)27-26-13-16-5-2-1-3-6-16/h1-13H,14-15H2,(H,27,29)/b26-13-. The lowest BCUT2D eigenvalue weighted by Gasteiger charge is -2.22. The predicted octanol–water partition coefficient (Wildman–Crippen LogP) is 4.99. The van der Waals surface area contributed by atoms with Crippen molar-refractivity contribution in [2.75, 3.05) is 6.54 Å². The Labute approximate surface area is 201 Å². The summed E-state index contributed by atoms with van der Waals surface area (Å²) in [6.07, 6.45) is 1.46. The molecule has 0 bridgehead atoms.